The number of aromatic nitrogens is 2. The Kier molecular flexibility index (Phi) is 4.89. The number of halogens is 1. The van der Waals surface area contributed by atoms with E-state index in [0.717, 1.165) is 11.2 Å². The van der Waals surface area contributed by atoms with Crippen molar-refractivity contribution >= 4 is 21.8 Å². The monoisotopic (exact) mass is 442 g/mol. The zero-order chi connectivity index (χ0) is 22.4. The van der Waals surface area contributed by atoms with Gasteiger partial charge in [-0.25, -0.2) is 22.3 Å². The first-order valence-electron chi connectivity index (χ1n) is 9.34. The standard InChI is InChI=1S/C21H19FN4O4S/c1-21(14-7-9-16(10-8-14)31(2,29)30)19(27)25(20(28)23-21)13-15-11-12-26(24-15)18-6-4-3-5-17(18)22/h3-12H,13H2,1-2H3,(H,23,28). The van der Waals surface area contributed by atoms with E-state index in [1.54, 1.807) is 37.4 Å². The van der Waals surface area contributed by atoms with Crippen LogP contribution >= 0.6 is 0 Å². The quantitative estimate of drug-likeness (QED) is 0.612. The van der Waals surface area contributed by atoms with Gasteiger partial charge in [0.15, 0.2) is 9.84 Å². The Balaban J connectivity index is 1.57. The molecule has 1 aliphatic rings. The molecule has 4 rings (SSSR count). The van der Waals surface area contributed by atoms with Crippen molar-refractivity contribution in [1.29, 1.82) is 0 Å². The Morgan fingerprint density at radius 1 is 1.06 bits per heavy atom. The molecule has 8 nitrogen and oxygen atoms in total. The summed E-state index contributed by atoms with van der Waals surface area (Å²) in [5.74, 6) is -0.942. The molecular formula is C21H19FN4O4S. The zero-order valence-corrected chi connectivity index (χ0v) is 17.6. The van der Waals surface area contributed by atoms with Gasteiger partial charge in [-0.3, -0.25) is 9.69 Å². The number of nitrogens with zero attached hydrogens (tertiary/aromatic N) is 3. The van der Waals surface area contributed by atoms with Gasteiger partial charge in [-0.1, -0.05) is 24.3 Å². The van der Waals surface area contributed by atoms with E-state index in [9.17, 15) is 22.4 Å². The molecule has 0 saturated carbocycles. The lowest BCUT2D eigenvalue weighted by molar-refractivity contribution is -0.131. The van der Waals surface area contributed by atoms with Crippen molar-refractivity contribution < 1.29 is 22.4 Å². The largest absolute Gasteiger partial charge is 0.325 e. The van der Waals surface area contributed by atoms with Gasteiger partial charge < -0.3 is 5.32 Å². The van der Waals surface area contributed by atoms with Crippen molar-refractivity contribution in [1.82, 2.24) is 20.0 Å². The number of carbonyl (C=O) groups excluding carboxylic acids is 2. The van der Waals surface area contributed by atoms with Crippen LogP contribution in [0.3, 0.4) is 0 Å². The molecule has 0 spiro atoms. The fourth-order valence-corrected chi connectivity index (χ4v) is 4.08. The van der Waals surface area contributed by atoms with Crippen molar-refractivity contribution in [2.45, 2.75) is 23.9 Å². The first kappa shape index (κ1) is 20.7. The van der Waals surface area contributed by atoms with Crippen LogP contribution in [0.5, 0.6) is 0 Å². The van der Waals surface area contributed by atoms with Crippen LogP contribution in [0, 0.1) is 5.82 Å². The van der Waals surface area contributed by atoms with Crippen LogP contribution < -0.4 is 5.32 Å². The average Bonchev–Trinajstić information content (AvgIpc) is 3.27. The van der Waals surface area contributed by atoms with E-state index in [0.29, 0.717) is 11.3 Å². The summed E-state index contributed by atoms with van der Waals surface area (Å²) in [6.07, 6.45) is 2.64. The van der Waals surface area contributed by atoms with Crippen molar-refractivity contribution in [3.8, 4) is 5.69 Å². The Labute approximate surface area is 178 Å². The molecule has 31 heavy (non-hydrogen) atoms. The highest BCUT2D eigenvalue weighted by Crippen LogP contribution is 2.30. The van der Waals surface area contributed by atoms with Gasteiger partial charge in [-0.05, 0) is 42.8 Å². The molecule has 160 valence electrons. The number of para-hydroxylation sites is 1. The molecular weight excluding hydrogens is 423 g/mol. The van der Waals surface area contributed by atoms with E-state index in [1.165, 1.54) is 35.0 Å². The number of hydrogen-bond acceptors (Lipinski definition) is 5. The minimum absolute atomic E-state index is 0.0941. The summed E-state index contributed by atoms with van der Waals surface area (Å²) >= 11 is 0. The number of hydrogen-bond donors (Lipinski definition) is 1. The Morgan fingerprint density at radius 2 is 1.74 bits per heavy atom. The van der Waals surface area contributed by atoms with Gasteiger partial charge in [-0.2, -0.15) is 5.10 Å². The maximum absolute atomic E-state index is 14.0. The molecule has 3 aromatic rings. The molecule has 3 amide bonds. The molecule has 1 N–H and O–H groups in total. The van der Waals surface area contributed by atoms with Crippen molar-refractivity contribution in [3.05, 3.63) is 77.9 Å². The summed E-state index contributed by atoms with van der Waals surface area (Å²) in [6, 6.07) is 12.9. The second-order valence-electron chi connectivity index (χ2n) is 7.45. The van der Waals surface area contributed by atoms with Gasteiger partial charge in [0, 0.05) is 12.5 Å². The lowest BCUT2D eigenvalue weighted by atomic mass is 9.92. The van der Waals surface area contributed by atoms with Crippen LogP contribution in [0.4, 0.5) is 9.18 Å². The summed E-state index contributed by atoms with van der Waals surface area (Å²) < 4.78 is 38.6. The SMILES string of the molecule is CC1(c2ccc(S(C)(=O)=O)cc2)NC(=O)N(Cc2ccn(-c3ccccc3F)n2)C1=O. The van der Waals surface area contributed by atoms with Crippen molar-refractivity contribution in [3.63, 3.8) is 0 Å². The fourth-order valence-electron chi connectivity index (χ4n) is 3.45. The molecule has 0 aliphatic carbocycles. The molecule has 0 bridgehead atoms. The number of urea groups is 1. The molecule has 2 aromatic carbocycles. The smallest absolute Gasteiger partial charge is 0.319 e. The van der Waals surface area contributed by atoms with Crippen LogP contribution in [-0.4, -0.2) is 41.3 Å². The minimum Gasteiger partial charge on any atom is -0.319 e. The lowest BCUT2D eigenvalue weighted by Gasteiger charge is -2.22. The molecule has 1 unspecified atom stereocenters. The number of imide groups is 1. The van der Waals surface area contributed by atoms with E-state index in [1.807, 2.05) is 0 Å². The number of amides is 3. The molecule has 2 heterocycles. The van der Waals surface area contributed by atoms with E-state index >= 15 is 0 Å². The van der Waals surface area contributed by atoms with Gasteiger partial charge in [0.25, 0.3) is 5.91 Å². The second kappa shape index (κ2) is 7.31. The average molecular weight is 442 g/mol. The van der Waals surface area contributed by atoms with Crippen LogP contribution in [0.2, 0.25) is 0 Å². The zero-order valence-electron chi connectivity index (χ0n) is 16.7. The summed E-state index contributed by atoms with van der Waals surface area (Å²) in [4.78, 5) is 26.8. The first-order valence-corrected chi connectivity index (χ1v) is 11.2. The highest BCUT2D eigenvalue weighted by atomic mass is 32.2. The summed E-state index contributed by atoms with van der Waals surface area (Å²) in [6.45, 7) is 1.46. The number of benzene rings is 2. The predicted octanol–water partition coefficient (Wildman–Crippen LogP) is 2.38. The van der Waals surface area contributed by atoms with E-state index in [-0.39, 0.29) is 17.1 Å². The summed E-state index contributed by atoms with van der Waals surface area (Å²) in [5.41, 5.74) is -0.232. The number of nitrogens with one attached hydrogen (secondary N) is 1. The fraction of sp³-hybridized carbons (Fsp3) is 0.190. The number of carbonyl (C=O) groups is 2. The predicted molar refractivity (Wildman–Crippen MR) is 110 cm³/mol. The maximum Gasteiger partial charge on any atom is 0.325 e. The normalized spacial score (nSPS) is 19.0. The lowest BCUT2D eigenvalue weighted by Crippen LogP contribution is -2.40. The molecule has 10 heteroatoms. The van der Waals surface area contributed by atoms with Gasteiger partial charge in [0.2, 0.25) is 0 Å². The molecule has 1 saturated heterocycles. The maximum atomic E-state index is 14.0. The molecule has 1 aliphatic heterocycles. The third-order valence-electron chi connectivity index (χ3n) is 5.20. The minimum atomic E-state index is -3.38. The summed E-state index contributed by atoms with van der Waals surface area (Å²) in [5, 5.41) is 6.93. The molecule has 1 atom stereocenters. The Morgan fingerprint density at radius 3 is 2.39 bits per heavy atom. The van der Waals surface area contributed by atoms with E-state index in [4.69, 9.17) is 0 Å². The third kappa shape index (κ3) is 3.70. The Bertz CT molecular complexity index is 1290. The third-order valence-corrected chi connectivity index (χ3v) is 6.33. The summed E-state index contributed by atoms with van der Waals surface area (Å²) in [7, 11) is -3.38. The molecule has 0 radical (unpaired) electrons. The topological polar surface area (TPSA) is 101 Å². The van der Waals surface area contributed by atoms with Gasteiger partial charge in [0.05, 0.1) is 17.1 Å². The molecule has 1 aromatic heterocycles. The van der Waals surface area contributed by atoms with Gasteiger partial charge in [-0.15, -0.1) is 0 Å². The Hall–Kier alpha value is -3.53. The van der Waals surface area contributed by atoms with Crippen LogP contribution in [0.1, 0.15) is 18.2 Å². The highest BCUT2D eigenvalue weighted by Gasteiger charge is 2.49. The second-order valence-corrected chi connectivity index (χ2v) is 9.46. The van der Waals surface area contributed by atoms with Crippen LogP contribution in [-0.2, 0) is 26.7 Å². The first-order chi connectivity index (χ1) is 14.6. The van der Waals surface area contributed by atoms with E-state index < -0.39 is 33.1 Å². The number of sulfone groups is 1. The van der Waals surface area contributed by atoms with Crippen molar-refractivity contribution in [2.75, 3.05) is 6.26 Å². The van der Waals surface area contributed by atoms with E-state index in [2.05, 4.69) is 10.4 Å². The van der Waals surface area contributed by atoms with Crippen molar-refractivity contribution in [2.24, 2.45) is 0 Å². The van der Waals surface area contributed by atoms with Crippen LogP contribution in [0.15, 0.2) is 65.7 Å². The van der Waals surface area contributed by atoms with Gasteiger partial charge in [0.1, 0.15) is 17.0 Å². The van der Waals surface area contributed by atoms with Gasteiger partial charge >= 0.3 is 6.03 Å². The highest BCUT2D eigenvalue weighted by molar-refractivity contribution is 7.90. The molecule has 1 fully saturated rings. The van der Waals surface area contributed by atoms with Crippen LogP contribution in [0.25, 0.3) is 5.69 Å². The number of rotatable bonds is 5.